The number of nitriles is 1. The van der Waals surface area contributed by atoms with Gasteiger partial charge in [0.2, 0.25) is 0 Å². The van der Waals surface area contributed by atoms with Crippen LogP contribution in [-0.2, 0) is 9.47 Å². The Morgan fingerprint density at radius 2 is 2.18 bits per heavy atom. The minimum atomic E-state index is -0.0817. The van der Waals surface area contributed by atoms with Crippen molar-refractivity contribution in [1.82, 2.24) is 5.32 Å². The van der Waals surface area contributed by atoms with Gasteiger partial charge in [0.05, 0.1) is 24.3 Å². The summed E-state index contributed by atoms with van der Waals surface area (Å²) in [6.07, 6.45) is 5.88. The Bertz CT molecular complexity index is 240. The molecule has 1 aliphatic rings. The first-order valence-electron chi connectivity index (χ1n) is 6.57. The molecule has 1 fully saturated rings. The highest BCUT2D eigenvalue weighted by atomic mass is 16.5. The lowest BCUT2D eigenvalue weighted by Gasteiger charge is -2.28. The van der Waals surface area contributed by atoms with E-state index in [0.29, 0.717) is 18.8 Å². The summed E-state index contributed by atoms with van der Waals surface area (Å²) in [4.78, 5) is 0. The van der Waals surface area contributed by atoms with Crippen molar-refractivity contribution in [3.8, 4) is 6.07 Å². The maximum atomic E-state index is 8.89. The number of hydrogen-bond acceptors (Lipinski definition) is 4. The first-order valence-corrected chi connectivity index (χ1v) is 6.57. The van der Waals surface area contributed by atoms with E-state index in [4.69, 9.17) is 14.7 Å². The highest BCUT2D eigenvalue weighted by Crippen LogP contribution is 2.23. The van der Waals surface area contributed by atoms with E-state index in [2.05, 4.69) is 11.4 Å². The van der Waals surface area contributed by atoms with Crippen molar-refractivity contribution in [3.63, 3.8) is 0 Å². The fourth-order valence-electron chi connectivity index (χ4n) is 2.28. The second-order valence-corrected chi connectivity index (χ2v) is 4.55. The third-order valence-electron chi connectivity index (χ3n) is 3.28. The van der Waals surface area contributed by atoms with Crippen LogP contribution in [0.4, 0.5) is 0 Å². The van der Waals surface area contributed by atoms with Gasteiger partial charge in [0.25, 0.3) is 0 Å². The van der Waals surface area contributed by atoms with Crippen molar-refractivity contribution in [2.45, 2.75) is 57.3 Å². The lowest BCUT2D eigenvalue weighted by atomic mass is 9.95. The molecule has 3 atom stereocenters. The lowest BCUT2D eigenvalue weighted by Crippen LogP contribution is -2.31. The average Bonchev–Trinajstić information content (AvgIpc) is 2.38. The number of ether oxygens (including phenoxy) is 2. The summed E-state index contributed by atoms with van der Waals surface area (Å²) in [6, 6.07) is 2.16. The highest BCUT2D eigenvalue weighted by Gasteiger charge is 2.22. The summed E-state index contributed by atoms with van der Waals surface area (Å²) in [5, 5.41) is 12.0. The second kappa shape index (κ2) is 8.46. The van der Waals surface area contributed by atoms with Gasteiger partial charge in [-0.1, -0.05) is 6.92 Å². The number of hydrogen-bond donors (Lipinski definition) is 1. The topological polar surface area (TPSA) is 54.3 Å². The third-order valence-corrected chi connectivity index (χ3v) is 3.28. The van der Waals surface area contributed by atoms with Gasteiger partial charge in [-0.25, -0.2) is 0 Å². The Morgan fingerprint density at radius 3 is 2.82 bits per heavy atom. The van der Waals surface area contributed by atoms with E-state index in [9.17, 15) is 0 Å². The molecular weight excluding hydrogens is 216 g/mol. The molecule has 0 heterocycles. The predicted octanol–water partition coefficient (Wildman–Crippen LogP) is 1.85. The van der Waals surface area contributed by atoms with Gasteiger partial charge < -0.3 is 14.8 Å². The zero-order valence-corrected chi connectivity index (χ0v) is 10.9. The van der Waals surface area contributed by atoms with Crippen molar-refractivity contribution < 1.29 is 9.47 Å². The number of nitrogens with zero attached hydrogens (tertiary/aromatic N) is 1. The Labute approximate surface area is 104 Å². The molecule has 1 rings (SSSR count). The van der Waals surface area contributed by atoms with Crippen molar-refractivity contribution in [3.05, 3.63) is 0 Å². The van der Waals surface area contributed by atoms with Crippen molar-refractivity contribution >= 4 is 0 Å². The zero-order valence-electron chi connectivity index (χ0n) is 10.9. The molecular formula is C13H24N2O2. The maximum Gasteiger partial charge on any atom is 0.0974 e. The van der Waals surface area contributed by atoms with E-state index in [1.165, 1.54) is 6.42 Å². The van der Waals surface area contributed by atoms with Crippen LogP contribution in [0.1, 0.15) is 39.0 Å². The summed E-state index contributed by atoms with van der Waals surface area (Å²) in [6.45, 7) is 3.50. The van der Waals surface area contributed by atoms with E-state index in [1.807, 2.05) is 6.92 Å². The van der Waals surface area contributed by atoms with Crippen molar-refractivity contribution in [2.75, 3.05) is 20.3 Å². The van der Waals surface area contributed by atoms with Crippen LogP contribution in [0.15, 0.2) is 0 Å². The van der Waals surface area contributed by atoms with E-state index in [-0.39, 0.29) is 6.04 Å². The Kier molecular flexibility index (Phi) is 7.18. The van der Waals surface area contributed by atoms with Gasteiger partial charge >= 0.3 is 0 Å². The van der Waals surface area contributed by atoms with Gasteiger partial charge in [-0.3, -0.25) is 0 Å². The molecule has 98 valence electrons. The molecule has 1 aliphatic carbocycles. The first-order chi connectivity index (χ1) is 8.30. The zero-order chi connectivity index (χ0) is 12.5. The normalized spacial score (nSPS) is 26.4. The molecule has 4 heteroatoms. The third kappa shape index (κ3) is 5.49. The smallest absolute Gasteiger partial charge is 0.0974 e. The number of nitrogens with one attached hydrogen (secondary N) is 1. The van der Waals surface area contributed by atoms with E-state index >= 15 is 0 Å². The molecule has 0 bridgehead atoms. The van der Waals surface area contributed by atoms with Gasteiger partial charge in [-0.15, -0.1) is 0 Å². The van der Waals surface area contributed by atoms with Crippen LogP contribution in [0.3, 0.4) is 0 Å². The molecule has 0 aromatic heterocycles. The molecule has 3 unspecified atom stereocenters. The van der Waals surface area contributed by atoms with Gasteiger partial charge in [0.15, 0.2) is 0 Å². The standard InChI is InChI=1S/C13H24N2O2/c1-3-15-11(10-14)7-8-17-13-6-4-5-12(9-13)16-2/h11-13,15H,3-9H2,1-2H3. The lowest BCUT2D eigenvalue weighted by molar-refractivity contribution is -0.0306. The SMILES string of the molecule is CCNC(C#N)CCOC1CCCC(OC)C1. The molecule has 0 radical (unpaired) electrons. The maximum absolute atomic E-state index is 8.89. The molecule has 0 spiro atoms. The van der Waals surface area contributed by atoms with Gasteiger partial charge in [0, 0.05) is 13.7 Å². The molecule has 4 nitrogen and oxygen atoms in total. The van der Waals surface area contributed by atoms with Gasteiger partial charge in [-0.2, -0.15) is 5.26 Å². The molecule has 0 saturated heterocycles. The van der Waals surface area contributed by atoms with Crippen LogP contribution in [-0.4, -0.2) is 38.5 Å². The quantitative estimate of drug-likeness (QED) is 0.738. The van der Waals surface area contributed by atoms with Crippen molar-refractivity contribution in [2.24, 2.45) is 0 Å². The average molecular weight is 240 g/mol. The summed E-state index contributed by atoms with van der Waals surface area (Å²) >= 11 is 0. The van der Waals surface area contributed by atoms with Crippen LogP contribution in [0.2, 0.25) is 0 Å². The molecule has 0 aromatic carbocycles. The fourth-order valence-corrected chi connectivity index (χ4v) is 2.28. The first kappa shape index (κ1) is 14.4. The Hall–Kier alpha value is -0.630. The summed E-state index contributed by atoms with van der Waals surface area (Å²) in [5.41, 5.74) is 0. The minimum absolute atomic E-state index is 0.0817. The Balaban J connectivity index is 2.15. The van der Waals surface area contributed by atoms with Crippen LogP contribution in [0.25, 0.3) is 0 Å². The van der Waals surface area contributed by atoms with Crippen LogP contribution in [0, 0.1) is 11.3 Å². The van der Waals surface area contributed by atoms with Crippen LogP contribution in [0.5, 0.6) is 0 Å². The molecule has 17 heavy (non-hydrogen) atoms. The molecule has 0 aliphatic heterocycles. The van der Waals surface area contributed by atoms with Crippen LogP contribution < -0.4 is 5.32 Å². The fraction of sp³-hybridized carbons (Fsp3) is 0.923. The minimum Gasteiger partial charge on any atom is -0.381 e. The molecule has 1 saturated carbocycles. The summed E-state index contributed by atoms with van der Waals surface area (Å²) in [7, 11) is 1.77. The Morgan fingerprint density at radius 1 is 1.41 bits per heavy atom. The largest absolute Gasteiger partial charge is 0.381 e. The second-order valence-electron chi connectivity index (χ2n) is 4.55. The summed E-state index contributed by atoms with van der Waals surface area (Å²) in [5.74, 6) is 0. The van der Waals surface area contributed by atoms with E-state index in [0.717, 1.165) is 32.2 Å². The number of rotatable bonds is 7. The van der Waals surface area contributed by atoms with Gasteiger partial charge in [-0.05, 0) is 38.6 Å². The molecule has 0 aromatic rings. The molecule has 0 amide bonds. The van der Waals surface area contributed by atoms with Crippen LogP contribution >= 0.6 is 0 Å². The predicted molar refractivity (Wildman–Crippen MR) is 66.7 cm³/mol. The number of methoxy groups -OCH3 is 1. The monoisotopic (exact) mass is 240 g/mol. The van der Waals surface area contributed by atoms with E-state index < -0.39 is 0 Å². The summed E-state index contributed by atoms with van der Waals surface area (Å²) < 4.78 is 11.2. The molecule has 1 N–H and O–H groups in total. The van der Waals surface area contributed by atoms with Gasteiger partial charge in [0.1, 0.15) is 0 Å². The van der Waals surface area contributed by atoms with Crippen molar-refractivity contribution in [1.29, 1.82) is 5.26 Å². The van der Waals surface area contributed by atoms with E-state index in [1.54, 1.807) is 7.11 Å². The highest BCUT2D eigenvalue weighted by molar-refractivity contribution is 4.89.